The van der Waals surface area contributed by atoms with Crippen LogP contribution in [0.5, 0.6) is 0 Å². The quantitative estimate of drug-likeness (QED) is 0.516. The molecule has 0 radical (unpaired) electrons. The summed E-state index contributed by atoms with van der Waals surface area (Å²) in [6.45, 7) is 6.10. The number of rotatable bonds is 4. The zero-order valence-electron chi connectivity index (χ0n) is 18.9. The third-order valence-corrected chi connectivity index (χ3v) is 6.45. The van der Waals surface area contributed by atoms with Crippen LogP contribution in [0.3, 0.4) is 0 Å². The van der Waals surface area contributed by atoms with Crippen LogP contribution in [0.1, 0.15) is 41.9 Å². The van der Waals surface area contributed by atoms with Gasteiger partial charge in [0.1, 0.15) is 11.6 Å². The number of pyridine rings is 2. The first-order valence-corrected chi connectivity index (χ1v) is 11.0. The second kappa shape index (κ2) is 10.7. The molecule has 2 fully saturated rings. The standard InChI is InChI=1S/C23H29N7O.2ClH/c1-15-12-24-7-9-30(15)22-6-5-16(13-26-22)23(31)28-21-11-18-17(14-25-21)10-19(27-18)20-4-3-8-29(20)2;;/h5-6,10-11,13-15,20,24,27H,3-4,7-9,12H2,1-2H3,(H,25,28,31);2*1H/t15-,20+;;/m0../s1. The van der Waals surface area contributed by atoms with Gasteiger partial charge in [0.25, 0.3) is 5.91 Å². The molecule has 3 aromatic rings. The summed E-state index contributed by atoms with van der Waals surface area (Å²) in [4.78, 5) is 29.8. The summed E-state index contributed by atoms with van der Waals surface area (Å²) < 4.78 is 0. The van der Waals surface area contributed by atoms with Crippen molar-refractivity contribution >= 4 is 53.3 Å². The van der Waals surface area contributed by atoms with Gasteiger partial charge in [-0.3, -0.25) is 9.69 Å². The van der Waals surface area contributed by atoms with Crippen molar-refractivity contribution in [2.45, 2.75) is 31.8 Å². The summed E-state index contributed by atoms with van der Waals surface area (Å²) in [7, 11) is 2.16. The van der Waals surface area contributed by atoms with Crippen LogP contribution in [0, 0.1) is 0 Å². The number of carbonyl (C=O) groups excluding carboxylic acids is 1. The highest BCUT2D eigenvalue weighted by molar-refractivity contribution is 6.04. The highest BCUT2D eigenvalue weighted by atomic mass is 35.5. The smallest absolute Gasteiger partial charge is 0.258 e. The minimum Gasteiger partial charge on any atom is -0.357 e. The van der Waals surface area contributed by atoms with E-state index in [1.165, 1.54) is 12.1 Å². The molecule has 0 aromatic carbocycles. The van der Waals surface area contributed by atoms with Crippen LogP contribution in [0.15, 0.2) is 36.7 Å². The number of amides is 1. The van der Waals surface area contributed by atoms with Crippen LogP contribution in [0.4, 0.5) is 11.6 Å². The maximum absolute atomic E-state index is 12.7. The molecule has 3 N–H and O–H groups in total. The molecule has 0 unspecified atom stereocenters. The molecular formula is C23H31Cl2N7O. The molecule has 33 heavy (non-hydrogen) atoms. The fourth-order valence-electron chi connectivity index (χ4n) is 4.66. The van der Waals surface area contributed by atoms with Crippen LogP contribution in [-0.2, 0) is 0 Å². The second-order valence-corrected chi connectivity index (χ2v) is 8.63. The van der Waals surface area contributed by atoms with E-state index in [9.17, 15) is 4.79 Å². The first-order valence-electron chi connectivity index (χ1n) is 11.0. The highest BCUT2D eigenvalue weighted by Gasteiger charge is 2.24. The molecule has 2 atom stereocenters. The van der Waals surface area contributed by atoms with Gasteiger partial charge < -0.3 is 20.5 Å². The highest BCUT2D eigenvalue weighted by Crippen LogP contribution is 2.32. The molecule has 0 saturated carbocycles. The minimum atomic E-state index is -0.207. The second-order valence-electron chi connectivity index (χ2n) is 8.63. The van der Waals surface area contributed by atoms with E-state index in [-0.39, 0.29) is 30.7 Å². The molecule has 8 nitrogen and oxygen atoms in total. The molecule has 1 amide bonds. The summed E-state index contributed by atoms with van der Waals surface area (Å²) in [5.41, 5.74) is 2.72. The van der Waals surface area contributed by atoms with Crippen LogP contribution < -0.4 is 15.5 Å². The zero-order valence-corrected chi connectivity index (χ0v) is 20.5. The molecule has 0 bridgehead atoms. The van der Waals surface area contributed by atoms with Gasteiger partial charge >= 0.3 is 0 Å². The lowest BCUT2D eigenvalue weighted by Gasteiger charge is -2.34. The van der Waals surface area contributed by atoms with E-state index in [0.29, 0.717) is 23.5 Å². The number of piperazine rings is 1. The van der Waals surface area contributed by atoms with Crippen molar-refractivity contribution in [1.29, 1.82) is 0 Å². The van der Waals surface area contributed by atoms with E-state index in [2.05, 4.69) is 55.4 Å². The van der Waals surface area contributed by atoms with Gasteiger partial charge in [0.05, 0.1) is 11.1 Å². The Morgan fingerprint density at radius 1 is 1.15 bits per heavy atom. The lowest BCUT2D eigenvalue weighted by Crippen LogP contribution is -2.50. The summed E-state index contributed by atoms with van der Waals surface area (Å²) >= 11 is 0. The van der Waals surface area contributed by atoms with E-state index in [1.54, 1.807) is 6.20 Å². The van der Waals surface area contributed by atoms with Gasteiger partial charge in [0.15, 0.2) is 0 Å². The van der Waals surface area contributed by atoms with E-state index >= 15 is 0 Å². The Balaban J connectivity index is 0.00000153. The number of anilines is 2. The maximum Gasteiger partial charge on any atom is 0.258 e. The number of H-pyrrole nitrogens is 1. The normalized spacial score (nSPS) is 20.8. The maximum atomic E-state index is 12.7. The van der Waals surface area contributed by atoms with Crippen molar-refractivity contribution < 1.29 is 4.79 Å². The van der Waals surface area contributed by atoms with E-state index in [1.807, 2.05) is 24.4 Å². The Morgan fingerprint density at radius 3 is 2.70 bits per heavy atom. The number of nitrogens with zero attached hydrogens (tertiary/aromatic N) is 4. The Kier molecular flexibility index (Phi) is 8.18. The Labute approximate surface area is 206 Å². The van der Waals surface area contributed by atoms with Gasteiger partial charge in [0.2, 0.25) is 0 Å². The SMILES string of the molecule is C[C@H]1CNCCN1c1ccc(C(=O)Nc2cc3[nH]c([C@H]4CCCN4C)cc3cn2)cn1.Cl.Cl. The lowest BCUT2D eigenvalue weighted by molar-refractivity contribution is 0.102. The molecule has 0 aliphatic carbocycles. The molecule has 2 saturated heterocycles. The summed E-state index contributed by atoms with van der Waals surface area (Å²) in [5.74, 6) is 1.23. The number of likely N-dealkylation sites (tertiary alicyclic amines) is 1. The van der Waals surface area contributed by atoms with Gasteiger partial charge in [-0.05, 0) is 51.6 Å². The average molecular weight is 492 g/mol. The first-order chi connectivity index (χ1) is 15.1. The Morgan fingerprint density at radius 2 is 2.00 bits per heavy atom. The third kappa shape index (κ3) is 5.24. The number of hydrogen-bond donors (Lipinski definition) is 3. The van der Waals surface area contributed by atoms with Crippen molar-refractivity contribution in [3.8, 4) is 0 Å². The molecule has 3 aromatic heterocycles. The zero-order chi connectivity index (χ0) is 21.4. The number of carbonyl (C=O) groups is 1. The van der Waals surface area contributed by atoms with Crippen molar-refractivity contribution in [2.24, 2.45) is 0 Å². The average Bonchev–Trinajstić information content (AvgIpc) is 3.39. The first kappa shape index (κ1) is 25.2. The summed E-state index contributed by atoms with van der Waals surface area (Å²) in [5, 5.41) is 7.34. The summed E-state index contributed by atoms with van der Waals surface area (Å²) in [6, 6.07) is 8.62. The number of halogens is 2. The molecule has 5 rings (SSSR count). The number of fused-ring (bicyclic) bond motifs is 1. The third-order valence-electron chi connectivity index (χ3n) is 6.45. The van der Waals surface area contributed by atoms with Crippen LogP contribution in [0.25, 0.3) is 10.9 Å². The number of aromatic amines is 1. The molecular weight excluding hydrogens is 461 g/mol. The fourth-order valence-corrected chi connectivity index (χ4v) is 4.66. The molecule has 0 spiro atoms. The monoisotopic (exact) mass is 491 g/mol. The van der Waals surface area contributed by atoms with Gasteiger partial charge in [0, 0.05) is 61.3 Å². The van der Waals surface area contributed by atoms with E-state index in [4.69, 9.17) is 0 Å². The van der Waals surface area contributed by atoms with Crippen LogP contribution in [0.2, 0.25) is 0 Å². The molecule has 2 aliphatic rings. The molecule has 10 heteroatoms. The Hall–Kier alpha value is -2.39. The van der Waals surface area contributed by atoms with Gasteiger partial charge in [-0.1, -0.05) is 0 Å². The lowest BCUT2D eigenvalue weighted by atomic mass is 10.1. The predicted molar refractivity (Wildman–Crippen MR) is 137 cm³/mol. The fraction of sp³-hybridized carbons (Fsp3) is 0.435. The Bertz CT molecular complexity index is 1090. The molecule has 5 heterocycles. The van der Waals surface area contributed by atoms with Gasteiger partial charge in [-0.15, -0.1) is 24.8 Å². The largest absolute Gasteiger partial charge is 0.357 e. The molecule has 178 valence electrons. The van der Waals surface area contributed by atoms with Crippen molar-refractivity contribution in [3.63, 3.8) is 0 Å². The van der Waals surface area contributed by atoms with Crippen molar-refractivity contribution in [2.75, 3.05) is 43.4 Å². The van der Waals surface area contributed by atoms with Crippen LogP contribution >= 0.6 is 24.8 Å². The van der Waals surface area contributed by atoms with Crippen molar-refractivity contribution in [1.82, 2.24) is 25.2 Å². The predicted octanol–water partition coefficient (Wildman–Crippen LogP) is 3.62. The topological polar surface area (TPSA) is 89.2 Å². The van der Waals surface area contributed by atoms with Gasteiger partial charge in [-0.25, -0.2) is 9.97 Å². The van der Waals surface area contributed by atoms with E-state index in [0.717, 1.165) is 49.3 Å². The van der Waals surface area contributed by atoms with Crippen LogP contribution in [-0.4, -0.2) is 65.0 Å². The minimum absolute atomic E-state index is 0. The van der Waals surface area contributed by atoms with Gasteiger partial charge in [-0.2, -0.15) is 0 Å². The molecule has 2 aliphatic heterocycles. The van der Waals surface area contributed by atoms with E-state index < -0.39 is 0 Å². The number of aromatic nitrogens is 3. The number of nitrogens with one attached hydrogen (secondary N) is 3. The number of hydrogen-bond acceptors (Lipinski definition) is 6. The van der Waals surface area contributed by atoms with Crippen molar-refractivity contribution in [3.05, 3.63) is 47.9 Å². The summed E-state index contributed by atoms with van der Waals surface area (Å²) in [6.07, 6.45) is 5.83.